The van der Waals surface area contributed by atoms with E-state index in [9.17, 15) is 9.59 Å². The van der Waals surface area contributed by atoms with E-state index in [0.717, 1.165) is 22.9 Å². The Morgan fingerprint density at radius 1 is 0.906 bits per heavy atom. The molecule has 1 heterocycles. The predicted octanol–water partition coefficient (Wildman–Crippen LogP) is 5.03. The van der Waals surface area contributed by atoms with Gasteiger partial charge in [-0.15, -0.1) is 10.2 Å². The lowest BCUT2D eigenvalue weighted by Crippen LogP contribution is -2.15. The third-order valence-corrected chi connectivity index (χ3v) is 5.38. The first-order chi connectivity index (χ1) is 15.6. The first-order valence-corrected chi connectivity index (χ1v) is 10.9. The van der Waals surface area contributed by atoms with Crippen molar-refractivity contribution < 1.29 is 14.0 Å². The van der Waals surface area contributed by atoms with E-state index < -0.39 is 0 Å². The van der Waals surface area contributed by atoms with Crippen LogP contribution in [0.1, 0.15) is 15.9 Å². The van der Waals surface area contributed by atoms with Crippen molar-refractivity contribution in [3.05, 3.63) is 90.0 Å². The zero-order valence-corrected chi connectivity index (χ0v) is 18.1. The lowest BCUT2D eigenvalue weighted by atomic mass is 10.1. The molecule has 160 valence electrons. The highest BCUT2D eigenvalue weighted by Gasteiger charge is 2.12. The van der Waals surface area contributed by atoms with Crippen molar-refractivity contribution in [2.45, 2.75) is 12.1 Å². The second kappa shape index (κ2) is 9.93. The largest absolute Gasteiger partial charge is 0.411 e. The Bertz CT molecular complexity index is 1230. The van der Waals surface area contributed by atoms with E-state index >= 15 is 0 Å². The van der Waals surface area contributed by atoms with Crippen molar-refractivity contribution in [1.29, 1.82) is 0 Å². The summed E-state index contributed by atoms with van der Waals surface area (Å²) in [5.74, 6) is 0.0820. The van der Waals surface area contributed by atoms with Crippen LogP contribution < -0.4 is 10.6 Å². The first kappa shape index (κ1) is 21.3. The molecule has 4 aromatic rings. The first-order valence-electron chi connectivity index (χ1n) is 9.87. The number of hydrogen-bond donors (Lipinski definition) is 2. The number of benzene rings is 3. The number of anilines is 2. The van der Waals surface area contributed by atoms with Gasteiger partial charge in [-0.1, -0.05) is 54.2 Å². The topological polar surface area (TPSA) is 97.1 Å². The average molecular weight is 445 g/mol. The molecule has 0 unspecified atom stereocenters. The molecule has 0 aliphatic carbocycles. The van der Waals surface area contributed by atoms with E-state index in [2.05, 4.69) is 20.8 Å². The van der Waals surface area contributed by atoms with Crippen LogP contribution in [0.3, 0.4) is 0 Å². The summed E-state index contributed by atoms with van der Waals surface area (Å²) in [6.07, 6.45) is 0. The quantitative estimate of drug-likeness (QED) is 0.388. The third-order valence-electron chi connectivity index (χ3n) is 4.56. The smallest absolute Gasteiger partial charge is 0.277 e. The Morgan fingerprint density at radius 3 is 2.38 bits per heavy atom. The van der Waals surface area contributed by atoms with Crippen molar-refractivity contribution in [2.75, 3.05) is 16.4 Å². The van der Waals surface area contributed by atoms with Gasteiger partial charge in [0.25, 0.3) is 11.1 Å². The molecule has 0 saturated carbocycles. The van der Waals surface area contributed by atoms with Gasteiger partial charge in [-0.25, -0.2) is 0 Å². The van der Waals surface area contributed by atoms with Crippen LogP contribution in [0.4, 0.5) is 11.4 Å². The van der Waals surface area contributed by atoms with E-state index in [-0.39, 0.29) is 17.6 Å². The summed E-state index contributed by atoms with van der Waals surface area (Å²) in [6.45, 7) is 1.89. The van der Waals surface area contributed by atoms with Gasteiger partial charge in [0.05, 0.1) is 5.75 Å². The molecule has 4 rings (SSSR count). The minimum atomic E-state index is -0.223. The summed E-state index contributed by atoms with van der Waals surface area (Å²) in [7, 11) is 0. The molecule has 7 nitrogen and oxygen atoms in total. The summed E-state index contributed by atoms with van der Waals surface area (Å²) in [4.78, 5) is 24.8. The van der Waals surface area contributed by atoms with Crippen LogP contribution >= 0.6 is 11.8 Å². The highest BCUT2D eigenvalue weighted by Crippen LogP contribution is 2.24. The molecule has 1 aromatic heterocycles. The maximum absolute atomic E-state index is 12.4. The Kier molecular flexibility index (Phi) is 6.62. The number of carbonyl (C=O) groups is 2. The van der Waals surface area contributed by atoms with Crippen molar-refractivity contribution in [3.8, 4) is 11.5 Å². The number of aromatic nitrogens is 2. The molecule has 0 aliphatic rings. The second-order valence-electron chi connectivity index (χ2n) is 6.93. The molecule has 0 bridgehead atoms. The Labute approximate surface area is 189 Å². The van der Waals surface area contributed by atoms with Crippen LogP contribution in [0.5, 0.6) is 0 Å². The molecular formula is C24H20N4O3S. The summed E-state index contributed by atoms with van der Waals surface area (Å²) < 4.78 is 5.60. The number of thioether (sulfide) groups is 1. The molecule has 0 atom stereocenters. The average Bonchev–Trinajstić information content (AvgIpc) is 3.30. The van der Waals surface area contributed by atoms with Crippen LogP contribution in [0, 0.1) is 6.92 Å². The monoisotopic (exact) mass is 444 g/mol. The highest BCUT2D eigenvalue weighted by molar-refractivity contribution is 7.99. The van der Waals surface area contributed by atoms with Gasteiger partial charge in [0, 0.05) is 22.5 Å². The van der Waals surface area contributed by atoms with Gasteiger partial charge < -0.3 is 15.1 Å². The fourth-order valence-electron chi connectivity index (χ4n) is 2.91. The second-order valence-corrected chi connectivity index (χ2v) is 7.85. The van der Waals surface area contributed by atoms with Crippen LogP contribution in [-0.4, -0.2) is 27.8 Å². The van der Waals surface area contributed by atoms with Gasteiger partial charge in [-0.3, -0.25) is 9.59 Å². The standard InChI is InChI=1S/C24H20N4O3S/c1-16-12-13-19(14-20(16)26-22(30)17-8-4-2-5-9-17)25-21(29)15-32-24-28-27-23(31-24)18-10-6-3-7-11-18/h2-14H,15H2,1H3,(H,25,29)(H,26,30). The lowest BCUT2D eigenvalue weighted by molar-refractivity contribution is -0.113. The molecule has 0 spiro atoms. The zero-order chi connectivity index (χ0) is 22.3. The van der Waals surface area contributed by atoms with Crippen molar-refractivity contribution in [2.24, 2.45) is 0 Å². The lowest BCUT2D eigenvalue weighted by Gasteiger charge is -2.11. The van der Waals surface area contributed by atoms with Crippen LogP contribution in [0.25, 0.3) is 11.5 Å². The highest BCUT2D eigenvalue weighted by atomic mass is 32.2. The van der Waals surface area contributed by atoms with Gasteiger partial charge in [0.1, 0.15) is 0 Å². The molecule has 32 heavy (non-hydrogen) atoms. The SMILES string of the molecule is Cc1ccc(NC(=O)CSc2nnc(-c3ccccc3)o2)cc1NC(=O)c1ccccc1. The van der Waals surface area contributed by atoms with Gasteiger partial charge >= 0.3 is 0 Å². The third kappa shape index (κ3) is 5.41. The fraction of sp³-hybridized carbons (Fsp3) is 0.0833. The molecular weight excluding hydrogens is 424 g/mol. The molecule has 0 fully saturated rings. The number of amides is 2. The van der Waals surface area contributed by atoms with Crippen molar-refractivity contribution in [1.82, 2.24) is 10.2 Å². The summed E-state index contributed by atoms with van der Waals surface area (Å²) in [6, 6.07) is 23.8. The van der Waals surface area contributed by atoms with Gasteiger partial charge in [-0.05, 0) is 48.9 Å². The molecule has 0 saturated heterocycles. The predicted molar refractivity (Wildman–Crippen MR) is 125 cm³/mol. The summed E-state index contributed by atoms with van der Waals surface area (Å²) in [5.41, 5.74) is 3.49. The van der Waals surface area contributed by atoms with E-state index in [1.807, 2.05) is 61.5 Å². The van der Waals surface area contributed by atoms with E-state index in [0.29, 0.717) is 28.1 Å². The minimum Gasteiger partial charge on any atom is -0.411 e. The number of rotatable bonds is 7. The normalized spacial score (nSPS) is 10.5. The number of carbonyl (C=O) groups excluding carboxylic acids is 2. The van der Waals surface area contributed by atoms with Crippen LogP contribution in [0.15, 0.2) is 88.5 Å². The van der Waals surface area contributed by atoms with Gasteiger partial charge in [0.15, 0.2) is 0 Å². The number of aryl methyl sites for hydroxylation is 1. The van der Waals surface area contributed by atoms with Crippen LogP contribution in [-0.2, 0) is 4.79 Å². The van der Waals surface area contributed by atoms with E-state index in [1.54, 1.807) is 24.3 Å². The Balaban J connectivity index is 1.35. The Hall–Kier alpha value is -3.91. The number of nitrogens with one attached hydrogen (secondary N) is 2. The fourth-order valence-corrected chi connectivity index (χ4v) is 3.47. The number of nitrogens with zero attached hydrogens (tertiary/aromatic N) is 2. The molecule has 2 amide bonds. The molecule has 8 heteroatoms. The molecule has 0 aliphatic heterocycles. The van der Waals surface area contributed by atoms with Gasteiger partial charge in [0.2, 0.25) is 11.8 Å². The summed E-state index contributed by atoms with van der Waals surface area (Å²) in [5, 5.41) is 14.0. The van der Waals surface area contributed by atoms with Gasteiger partial charge in [-0.2, -0.15) is 0 Å². The maximum atomic E-state index is 12.4. The maximum Gasteiger partial charge on any atom is 0.277 e. The van der Waals surface area contributed by atoms with E-state index in [1.165, 1.54) is 0 Å². The Morgan fingerprint density at radius 2 is 1.62 bits per heavy atom. The van der Waals surface area contributed by atoms with Crippen molar-refractivity contribution in [3.63, 3.8) is 0 Å². The number of hydrogen-bond acceptors (Lipinski definition) is 6. The summed E-state index contributed by atoms with van der Waals surface area (Å²) >= 11 is 1.16. The minimum absolute atomic E-state index is 0.107. The molecule has 0 radical (unpaired) electrons. The molecule has 3 aromatic carbocycles. The zero-order valence-electron chi connectivity index (χ0n) is 17.2. The molecule has 2 N–H and O–H groups in total. The van der Waals surface area contributed by atoms with Crippen molar-refractivity contribution >= 4 is 35.0 Å². The van der Waals surface area contributed by atoms with E-state index in [4.69, 9.17) is 4.42 Å². The van der Waals surface area contributed by atoms with Crippen LogP contribution in [0.2, 0.25) is 0 Å².